The third kappa shape index (κ3) is 43.4. The van der Waals surface area contributed by atoms with Crippen LogP contribution in [0.25, 0.3) is 0 Å². The number of aliphatic hydroxyl groups is 8. The number of ether oxygens (including phenoxy) is 4. The molecule has 2 rings (SSSR count). The Hall–Kier alpha value is -2.57. The number of allylic oxidation sites excluding steroid dienone is 11. The van der Waals surface area contributed by atoms with E-state index in [2.05, 4.69) is 79.9 Å². The molecule has 9 N–H and O–H groups in total. The smallest absolute Gasteiger partial charge is 0.220 e. The fourth-order valence-electron chi connectivity index (χ4n) is 11.9. The van der Waals surface area contributed by atoms with Crippen LogP contribution >= 0.6 is 0 Å². The zero-order valence-corrected chi connectivity index (χ0v) is 57.1. The number of rotatable bonds is 61. The highest BCUT2D eigenvalue weighted by Gasteiger charge is 2.51. The molecule has 524 valence electrons. The molecule has 0 radical (unpaired) electrons. The molecule has 0 spiro atoms. The first-order valence-electron chi connectivity index (χ1n) is 37.2. The minimum absolute atomic E-state index is 0.256. The molecule has 0 aliphatic carbocycles. The van der Waals surface area contributed by atoms with Crippen molar-refractivity contribution in [3.63, 3.8) is 0 Å². The molecule has 14 nitrogen and oxygen atoms in total. The van der Waals surface area contributed by atoms with E-state index < -0.39 is 86.8 Å². The molecular weight excluding hydrogens is 1130 g/mol. The van der Waals surface area contributed by atoms with Crippen LogP contribution in [0.4, 0.5) is 0 Å². The summed E-state index contributed by atoms with van der Waals surface area (Å²) in [5.74, 6) is -0.256. The van der Waals surface area contributed by atoms with Crippen LogP contribution in [-0.4, -0.2) is 140 Å². The van der Waals surface area contributed by atoms with E-state index in [4.69, 9.17) is 18.9 Å². The lowest BCUT2D eigenvalue weighted by Gasteiger charge is -2.46. The monoisotopic (exact) mass is 1270 g/mol. The number of carbonyl (C=O) groups is 1. The SMILES string of the molecule is CCCCCCC/C=C\C/C=C\C/C=C\CCCCCCCCCCCCC(=O)NC(COC1OC(CO)C(OC2OC(CO)C(O)C(O)C2O)C(O)C1O)C(O)/C=C/CC/C=C/CC/C=C/CCCCCCCCCCCCCCCCCCCCCCC. The minimum atomic E-state index is -1.80. The average Bonchev–Trinajstić information content (AvgIpc) is 1.41. The second-order valence-electron chi connectivity index (χ2n) is 26.1. The van der Waals surface area contributed by atoms with Gasteiger partial charge in [-0.2, -0.15) is 0 Å². The summed E-state index contributed by atoms with van der Waals surface area (Å²) >= 11 is 0. The van der Waals surface area contributed by atoms with E-state index in [-0.39, 0.29) is 18.9 Å². The van der Waals surface area contributed by atoms with Crippen LogP contribution in [0.3, 0.4) is 0 Å². The van der Waals surface area contributed by atoms with E-state index in [0.717, 1.165) is 64.2 Å². The van der Waals surface area contributed by atoms with E-state index in [1.165, 1.54) is 212 Å². The van der Waals surface area contributed by atoms with Crippen LogP contribution in [0, 0.1) is 0 Å². The molecule has 0 aromatic carbocycles. The van der Waals surface area contributed by atoms with Gasteiger partial charge in [-0.15, -0.1) is 0 Å². The first-order valence-corrected chi connectivity index (χ1v) is 37.2. The Labute approximate surface area is 548 Å². The van der Waals surface area contributed by atoms with Gasteiger partial charge in [-0.05, 0) is 83.5 Å². The van der Waals surface area contributed by atoms with Crippen LogP contribution < -0.4 is 5.32 Å². The van der Waals surface area contributed by atoms with Crippen LogP contribution in [-0.2, 0) is 23.7 Å². The number of carbonyl (C=O) groups excluding carboxylic acids is 1. The summed E-state index contributed by atoms with van der Waals surface area (Å²) in [6, 6.07) is -0.946. The summed E-state index contributed by atoms with van der Waals surface area (Å²) in [5.41, 5.74) is 0. The van der Waals surface area contributed by atoms with E-state index in [1.807, 2.05) is 6.08 Å². The van der Waals surface area contributed by atoms with Gasteiger partial charge in [0.05, 0.1) is 32.0 Å². The number of amides is 1. The van der Waals surface area contributed by atoms with E-state index >= 15 is 0 Å². The van der Waals surface area contributed by atoms with Crippen molar-refractivity contribution in [2.24, 2.45) is 0 Å². The molecule has 90 heavy (non-hydrogen) atoms. The van der Waals surface area contributed by atoms with Gasteiger partial charge in [0.1, 0.15) is 48.8 Å². The predicted molar refractivity (Wildman–Crippen MR) is 369 cm³/mol. The Morgan fingerprint density at radius 1 is 0.400 bits per heavy atom. The fraction of sp³-hybridized carbons (Fsp3) is 0.829. The zero-order chi connectivity index (χ0) is 65.2. The molecule has 2 aliphatic rings. The van der Waals surface area contributed by atoms with Gasteiger partial charge < -0.3 is 65.1 Å². The van der Waals surface area contributed by atoms with Gasteiger partial charge in [0, 0.05) is 6.42 Å². The number of hydrogen-bond acceptors (Lipinski definition) is 13. The van der Waals surface area contributed by atoms with Crippen molar-refractivity contribution in [3.05, 3.63) is 72.9 Å². The molecular formula is C76H137NO13. The fourth-order valence-corrected chi connectivity index (χ4v) is 11.9. The van der Waals surface area contributed by atoms with Crippen LogP contribution in [0.15, 0.2) is 72.9 Å². The minimum Gasteiger partial charge on any atom is -0.394 e. The number of hydrogen-bond donors (Lipinski definition) is 9. The first kappa shape index (κ1) is 83.5. The highest BCUT2D eigenvalue weighted by molar-refractivity contribution is 5.76. The Morgan fingerprint density at radius 3 is 1.17 bits per heavy atom. The summed E-state index contributed by atoms with van der Waals surface area (Å²) in [4.78, 5) is 13.3. The molecule has 2 fully saturated rings. The van der Waals surface area contributed by atoms with E-state index in [0.29, 0.717) is 12.8 Å². The molecule has 2 saturated heterocycles. The Balaban J connectivity index is 1.69. The highest BCUT2D eigenvalue weighted by Crippen LogP contribution is 2.30. The number of aliphatic hydroxyl groups excluding tert-OH is 8. The van der Waals surface area contributed by atoms with Gasteiger partial charge in [0.25, 0.3) is 0 Å². The number of nitrogens with one attached hydrogen (secondary N) is 1. The summed E-state index contributed by atoms with van der Waals surface area (Å²) < 4.78 is 22.9. The van der Waals surface area contributed by atoms with Gasteiger partial charge in [-0.1, -0.05) is 292 Å². The molecule has 14 heteroatoms. The molecule has 0 aromatic rings. The summed E-state index contributed by atoms with van der Waals surface area (Å²) in [6.45, 7) is 2.79. The maximum atomic E-state index is 13.3. The average molecular weight is 1270 g/mol. The van der Waals surface area contributed by atoms with Crippen molar-refractivity contribution < 1.29 is 64.6 Å². The maximum Gasteiger partial charge on any atom is 0.220 e. The van der Waals surface area contributed by atoms with Crippen molar-refractivity contribution in [2.45, 2.75) is 383 Å². The normalized spacial score (nSPS) is 23.3. The third-order valence-electron chi connectivity index (χ3n) is 17.8. The van der Waals surface area contributed by atoms with Gasteiger partial charge in [0.2, 0.25) is 5.91 Å². The van der Waals surface area contributed by atoms with Crippen molar-refractivity contribution in [3.8, 4) is 0 Å². The van der Waals surface area contributed by atoms with Gasteiger partial charge in [-0.25, -0.2) is 0 Å². The lowest BCUT2D eigenvalue weighted by molar-refractivity contribution is -0.359. The summed E-state index contributed by atoms with van der Waals surface area (Å²) in [6.07, 6.45) is 65.4. The number of unbranched alkanes of at least 4 members (excludes halogenated alkanes) is 38. The topological polar surface area (TPSA) is 228 Å². The van der Waals surface area contributed by atoms with Crippen LogP contribution in [0.5, 0.6) is 0 Å². The molecule has 12 atom stereocenters. The zero-order valence-electron chi connectivity index (χ0n) is 57.1. The molecule has 12 unspecified atom stereocenters. The Bertz CT molecular complexity index is 1790. The first-order chi connectivity index (χ1) is 44.1. The van der Waals surface area contributed by atoms with Crippen LogP contribution in [0.2, 0.25) is 0 Å². The molecule has 0 saturated carbocycles. The van der Waals surface area contributed by atoms with Crippen molar-refractivity contribution in [1.29, 1.82) is 0 Å². The van der Waals surface area contributed by atoms with Crippen LogP contribution in [0.1, 0.15) is 309 Å². The van der Waals surface area contributed by atoms with Gasteiger partial charge in [-0.3, -0.25) is 4.79 Å². The maximum absolute atomic E-state index is 13.3. The summed E-state index contributed by atoms with van der Waals surface area (Å²) in [7, 11) is 0. The quantitative estimate of drug-likeness (QED) is 0.0204. The molecule has 0 aromatic heterocycles. The van der Waals surface area contributed by atoms with Crippen molar-refractivity contribution >= 4 is 5.91 Å². The standard InChI is InChI=1S/C76H137NO13/c1-3-5-7-9-11-13-15-17-19-21-23-25-27-29-30-31-32-33-34-36-37-39-41-43-45-47-49-51-53-55-57-59-65(80)64(63-87-75-73(86)71(84)74(67(62-79)89-75)90-76-72(85)70(83)69(82)66(61-78)88-76)77-68(81)60-58-56-54-52-50-48-46-44-42-40-38-35-28-26-24-22-20-18-16-14-12-10-8-6-4-2/h16,18,22,24,28,35,41,43,49,51,57,59,64-67,69-76,78-80,82-86H,3-15,17,19-21,23,25-27,29-34,36-40,42,44-48,50,52-56,58,60-63H2,1-2H3,(H,77,81)/b18-16-,24-22-,35-28-,43-41+,51-49+,59-57+. The summed E-state index contributed by atoms with van der Waals surface area (Å²) in [5, 5.41) is 87.5. The predicted octanol–water partition coefficient (Wildman–Crippen LogP) is 15.8. The second kappa shape index (κ2) is 60.1. The molecule has 2 heterocycles. The Kier molecular flexibility index (Phi) is 55.8. The van der Waals surface area contributed by atoms with Crippen molar-refractivity contribution in [1.82, 2.24) is 5.32 Å². The van der Waals surface area contributed by atoms with Gasteiger partial charge >= 0.3 is 0 Å². The van der Waals surface area contributed by atoms with E-state index in [9.17, 15) is 45.6 Å². The van der Waals surface area contributed by atoms with E-state index in [1.54, 1.807) is 6.08 Å². The van der Waals surface area contributed by atoms with Crippen molar-refractivity contribution in [2.75, 3.05) is 19.8 Å². The molecule has 1 amide bonds. The molecule has 2 aliphatic heterocycles. The third-order valence-corrected chi connectivity index (χ3v) is 17.8. The largest absolute Gasteiger partial charge is 0.394 e. The highest BCUT2D eigenvalue weighted by atomic mass is 16.7. The second-order valence-corrected chi connectivity index (χ2v) is 26.1. The molecule has 0 bridgehead atoms. The van der Waals surface area contributed by atoms with Gasteiger partial charge in [0.15, 0.2) is 12.6 Å². The Morgan fingerprint density at radius 2 is 0.744 bits per heavy atom. The lowest BCUT2D eigenvalue weighted by Crippen LogP contribution is -2.65. The lowest BCUT2D eigenvalue weighted by atomic mass is 9.97.